The van der Waals surface area contributed by atoms with E-state index in [0.29, 0.717) is 21.1 Å². The summed E-state index contributed by atoms with van der Waals surface area (Å²) in [6, 6.07) is 9.64. The van der Waals surface area contributed by atoms with Crippen LogP contribution >= 0.6 is 34.8 Å². The summed E-state index contributed by atoms with van der Waals surface area (Å²) in [5.41, 5.74) is 1.36. The molecule has 23 heavy (non-hydrogen) atoms. The Bertz CT molecular complexity index is 934. The SMILES string of the molecule is O=C(Nc1ccc(Cl)c(Cl)c1)C(=O)c1c[nH]c2ccc(Cl)cc12. The van der Waals surface area contributed by atoms with Crippen LogP contribution in [-0.2, 0) is 4.79 Å². The quantitative estimate of drug-likeness (QED) is 0.508. The minimum Gasteiger partial charge on any atom is -0.360 e. The summed E-state index contributed by atoms with van der Waals surface area (Å²) >= 11 is 17.6. The molecule has 4 nitrogen and oxygen atoms in total. The number of hydrogen-bond acceptors (Lipinski definition) is 2. The molecule has 0 radical (unpaired) electrons. The number of rotatable bonds is 3. The van der Waals surface area contributed by atoms with Crippen LogP contribution in [0.25, 0.3) is 10.9 Å². The zero-order chi connectivity index (χ0) is 16.6. The molecule has 0 aliphatic carbocycles. The summed E-state index contributed by atoms with van der Waals surface area (Å²) in [7, 11) is 0. The van der Waals surface area contributed by atoms with E-state index in [1.54, 1.807) is 24.3 Å². The Hall–Kier alpha value is -2.01. The summed E-state index contributed by atoms with van der Waals surface area (Å²) < 4.78 is 0. The number of ketones is 1. The van der Waals surface area contributed by atoms with Gasteiger partial charge in [-0.25, -0.2) is 0 Å². The van der Waals surface area contributed by atoms with Crippen LogP contribution in [0.1, 0.15) is 10.4 Å². The van der Waals surface area contributed by atoms with E-state index in [1.165, 1.54) is 18.3 Å². The van der Waals surface area contributed by atoms with Crippen LogP contribution < -0.4 is 5.32 Å². The minimum atomic E-state index is -0.774. The second kappa shape index (κ2) is 6.24. The van der Waals surface area contributed by atoms with Crippen LogP contribution in [0.3, 0.4) is 0 Å². The van der Waals surface area contributed by atoms with E-state index >= 15 is 0 Å². The van der Waals surface area contributed by atoms with Gasteiger partial charge in [0.1, 0.15) is 0 Å². The lowest BCUT2D eigenvalue weighted by molar-refractivity contribution is -0.112. The van der Waals surface area contributed by atoms with Crippen molar-refractivity contribution < 1.29 is 9.59 Å². The van der Waals surface area contributed by atoms with Crippen molar-refractivity contribution in [2.75, 3.05) is 5.32 Å². The number of carbonyl (C=O) groups excluding carboxylic acids is 2. The minimum absolute atomic E-state index is 0.250. The van der Waals surface area contributed by atoms with Gasteiger partial charge in [-0.15, -0.1) is 0 Å². The molecule has 3 rings (SSSR count). The predicted octanol–water partition coefficient (Wildman–Crippen LogP) is 4.95. The molecule has 0 unspecified atom stereocenters. The third-order valence-corrected chi connectivity index (χ3v) is 4.25. The van der Waals surface area contributed by atoms with Gasteiger partial charge in [0.25, 0.3) is 11.7 Å². The van der Waals surface area contributed by atoms with Crippen molar-refractivity contribution in [3.63, 3.8) is 0 Å². The van der Waals surface area contributed by atoms with Crippen LogP contribution in [0.4, 0.5) is 5.69 Å². The summed E-state index contributed by atoms with van der Waals surface area (Å²) in [6.07, 6.45) is 1.48. The molecule has 1 heterocycles. The lowest BCUT2D eigenvalue weighted by atomic mass is 10.1. The van der Waals surface area contributed by atoms with Gasteiger partial charge in [-0.05, 0) is 36.4 Å². The Labute approximate surface area is 146 Å². The second-order valence-corrected chi connectivity index (χ2v) is 6.06. The first-order chi connectivity index (χ1) is 11.0. The number of aromatic nitrogens is 1. The number of aromatic amines is 1. The van der Waals surface area contributed by atoms with Gasteiger partial charge in [0, 0.05) is 27.8 Å². The highest BCUT2D eigenvalue weighted by molar-refractivity contribution is 6.48. The number of H-pyrrole nitrogens is 1. The first kappa shape index (κ1) is 15.9. The molecule has 2 N–H and O–H groups in total. The monoisotopic (exact) mass is 366 g/mol. The van der Waals surface area contributed by atoms with Crippen molar-refractivity contribution in [2.45, 2.75) is 0 Å². The predicted molar refractivity (Wildman–Crippen MR) is 92.7 cm³/mol. The number of halogens is 3. The van der Waals surface area contributed by atoms with Gasteiger partial charge in [-0.3, -0.25) is 9.59 Å². The van der Waals surface area contributed by atoms with E-state index in [1.807, 2.05) is 0 Å². The van der Waals surface area contributed by atoms with Crippen molar-refractivity contribution >= 4 is 63.1 Å². The van der Waals surface area contributed by atoms with Crippen molar-refractivity contribution in [1.29, 1.82) is 0 Å². The first-order valence-corrected chi connectivity index (χ1v) is 7.66. The molecule has 1 aromatic heterocycles. The smallest absolute Gasteiger partial charge is 0.296 e. The molecule has 0 saturated carbocycles. The lowest BCUT2D eigenvalue weighted by Crippen LogP contribution is -2.22. The van der Waals surface area contributed by atoms with Gasteiger partial charge in [0.2, 0.25) is 0 Å². The first-order valence-electron chi connectivity index (χ1n) is 6.53. The van der Waals surface area contributed by atoms with Crippen LogP contribution in [-0.4, -0.2) is 16.7 Å². The van der Waals surface area contributed by atoms with Crippen LogP contribution in [0.5, 0.6) is 0 Å². The van der Waals surface area contributed by atoms with E-state index < -0.39 is 11.7 Å². The molecule has 0 aliphatic heterocycles. The van der Waals surface area contributed by atoms with Gasteiger partial charge >= 0.3 is 0 Å². The highest BCUT2D eigenvalue weighted by Gasteiger charge is 2.20. The third kappa shape index (κ3) is 3.20. The van der Waals surface area contributed by atoms with Gasteiger partial charge in [-0.1, -0.05) is 34.8 Å². The van der Waals surface area contributed by atoms with E-state index in [9.17, 15) is 9.59 Å². The molecule has 0 aliphatic rings. The second-order valence-electron chi connectivity index (χ2n) is 4.80. The van der Waals surface area contributed by atoms with Gasteiger partial charge in [0.05, 0.1) is 15.6 Å². The molecule has 0 spiro atoms. The van der Waals surface area contributed by atoms with Gasteiger partial charge < -0.3 is 10.3 Å². The Balaban J connectivity index is 1.87. The molecule has 3 aromatic rings. The summed E-state index contributed by atoms with van der Waals surface area (Å²) in [5.74, 6) is -1.45. The Morgan fingerprint density at radius 1 is 0.957 bits per heavy atom. The number of hydrogen-bond donors (Lipinski definition) is 2. The average Bonchev–Trinajstić information content (AvgIpc) is 2.93. The van der Waals surface area contributed by atoms with E-state index in [0.717, 1.165) is 5.52 Å². The highest BCUT2D eigenvalue weighted by Crippen LogP contribution is 2.26. The Morgan fingerprint density at radius 2 is 1.74 bits per heavy atom. The standard InChI is InChI=1S/C16H9Cl3N2O2/c17-8-1-4-14-10(5-8)11(7-20-14)15(22)16(23)21-9-2-3-12(18)13(19)6-9/h1-7,20H,(H,21,23). The fraction of sp³-hybridized carbons (Fsp3) is 0. The lowest BCUT2D eigenvalue weighted by Gasteiger charge is -2.05. The topological polar surface area (TPSA) is 62.0 Å². The van der Waals surface area contributed by atoms with Crippen LogP contribution in [0.15, 0.2) is 42.6 Å². The van der Waals surface area contributed by atoms with Gasteiger partial charge in [0.15, 0.2) is 0 Å². The third-order valence-electron chi connectivity index (χ3n) is 3.27. The van der Waals surface area contributed by atoms with Crippen LogP contribution in [0.2, 0.25) is 15.1 Å². The number of nitrogens with one attached hydrogen (secondary N) is 2. The molecule has 0 fully saturated rings. The number of anilines is 1. The summed E-state index contributed by atoms with van der Waals surface area (Å²) in [4.78, 5) is 27.4. The molecule has 0 saturated heterocycles. The number of carbonyl (C=O) groups is 2. The molecular weight excluding hydrogens is 359 g/mol. The van der Waals surface area contributed by atoms with Crippen molar-refractivity contribution in [1.82, 2.24) is 4.98 Å². The van der Waals surface area contributed by atoms with Crippen LogP contribution in [0, 0.1) is 0 Å². The highest BCUT2D eigenvalue weighted by atomic mass is 35.5. The number of benzene rings is 2. The van der Waals surface area contributed by atoms with Crippen molar-refractivity contribution in [3.05, 3.63) is 63.2 Å². The summed E-state index contributed by atoms with van der Waals surface area (Å²) in [6.45, 7) is 0. The molecule has 116 valence electrons. The number of amides is 1. The fourth-order valence-corrected chi connectivity index (χ4v) is 2.63. The maximum atomic E-state index is 12.4. The Kier molecular flexibility index (Phi) is 4.31. The van der Waals surface area contributed by atoms with Crippen molar-refractivity contribution in [2.24, 2.45) is 0 Å². The zero-order valence-corrected chi connectivity index (χ0v) is 13.8. The average molecular weight is 368 g/mol. The molecule has 0 bridgehead atoms. The summed E-state index contributed by atoms with van der Waals surface area (Å²) in [5, 5.41) is 4.22. The van der Waals surface area contributed by atoms with Crippen molar-refractivity contribution in [3.8, 4) is 0 Å². The molecule has 7 heteroatoms. The number of fused-ring (bicyclic) bond motifs is 1. The normalized spacial score (nSPS) is 10.7. The molecule has 0 atom stereocenters. The van der Waals surface area contributed by atoms with E-state index in [-0.39, 0.29) is 10.6 Å². The molecule has 2 aromatic carbocycles. The maximum Gasteiger partial charge on any atom is 0.296 e. The maximum absolute atomic E-state index is 12.4. The fourth-order valence-electron chi connectivity index (χ4n) is 2.16. The zero-order valence-electron chi connectivity index (χ0n) is 11.5. The largest absolute Gasteiger partial charge is 0.360 e. The van der Waals surface area contributed by atoms with Gasteiger partial charge in [-0.2, -0.15) is 0 Å². The van der Waals surface area contributed by atoms with E-state index in [2.05, 4.69) is 10.3 Å². The van der Waals surface area contributed by atoms with E-state index in [4.69, 9.17) is 34.8 Å². The molecular formula is C16H9Cl3N2O2. The molecule has 1 amide bonds. The number of Topliss-reactive ketones (excluding diaryl/α,β-unsaturated/α-hetero) is 1. The Morgan fingerprint density at radius 3 is 2.48 bits per heavy atom.